The smallest absolute Gasteiger partial charge is 0.174 e. The van der Waals surface area contributed by atoms with Gasteiger partial charge in [0.2, 0.25) is 0 Å². The van der Waals surface area contributed by atoms with Crippen molar-refractivity contribution in [1.82, 2.24) is 9.97 Å². The fourth-order valence-corrected chi connectivity index (χ4v) is 3.75. The molecule has 0 spiro atoms. The first-order valence-electron chi connectivity index (χ1n) is 8.19. The Balaban J connectivity index is 1.79. The van der Waals surface area contributed by atoms with Crippen molar-refractivity contribution in [2.45, 2.75) is 0 Å². The molecule has 2 N–H and O–H groups in total. The zero-order chi connectivity index (χ0) is 19.7. The molecule has 0 radical (unpaired) electrons. The van der Waals surface area contributed by atoms with Crippen molar-refractivity contribution in [3.05, 3.63) is 80.8 Å². The molecule has 8 heteroatoms. The van der Waals surface area contributed by atoms with Gasteiger partial charge >= 0.3 is 0 Å². The second kappa shape index (κ2) is 8.02. The fourth-order valence-electron chi connectivity index (χ4n) is 2.70. The zero-order valence-electron chi connectivity index (χ0n) is 14.2. The Labute approximate surface area is 181 Å². The number of para-hydroxylation sites is 2. The van der Waals surface area contributed by atoms with Crippen LogP contribution in [0.3, 0.4) is 0 Å². The van der Waals surface area contributed by atoms with E-state index in [0.29, 0.717) is 43.1 Å². The molecular formula is C20H12Cl4N4. The van der Waals surface area contributed by atoms with Gasteiger partial charge in [-0.1, -0.05) is 58.5 Å². The van der Waals surface area contributed by atoms with Crippen LogP contribution in [-0.2, 0) is 0 Å². The summed E-state index contributed by atoms with van der Waals surface area (Å²) in [5.74, 6) is 1.02. The molecule has 4 rings (SSSR count). The van der Waals surface area contributed by atoms with Gasteiger partial charge in [-0.2, -0.15) is 0 Å². The van der Waals surface area contributed by atoms with E-state index in [2.05, 4.69) is 20.6 Å². The van der Waals surface area contributed by atoms with E-state index in [4.69, 9.17) is 46.4 Å². The topological polar surface area (TPSA) is 49.8 Å². The number of hydrogen-bond acceptors (Lipinski definition) is 4. The summed E-state index contributed by atoms with van der Waals surface area (Å²) in [5.41, 5.74) is 2.86. The van der Waals surface area contributed by atoms with E-state index in [1.165, 1.54) is 0 Å². The molecule has 0 fully saturated rings. The van der Waals surface area contributed by atoms with Crippen LogP contribution in [0, 0.1) is 0 Å². The molecule has 0 aliphatic heterocycles. The zero-order valence-corrected chi connectivity index (χ0v) is 17.2. The predicted octanol–water partition coefficient (Wildman–Crippen LogP) is 7.73. The monoisotopic (exact) mass is 448 g/mol. The van der Waals surface area contributed by atoms with Crippen molar-refractivity contribution >= 4 is 80.4 Å². The molecule has 0 amide bonds. The maximum absolute atomic E-state index is 6.11. The van der Waals surface area contributed by atoms with Gasteiger partial charge in [0, 0.05) is 31.5 Å². The molecule has 1 heterocycles. The molecule has 0 saturated heterocycles. The average molecular weight is 450 g/mol. The lowest BCUT2D eigenvalue weighted by Gasteiger charge is -2.14. The normalized spacial score (nSPS) is 10.9. The number of benzene rings is 3. The molecular weight excluding hydrogens is 438 g/mol. The van der Waals surface area contributed by atoms with Gasteiger partial charge in [0.15, 0.2) is 11.6 Å². The molecule has 0 atom stereocenters. The first-order valence-corrected chi connectivity index (χ1v) is 9.70. The third-order valence-electron chi connectivity index (χ3n) is 3.82. The first-order chi connectivity index (χ1) is 13.5. The molecule has 0 bridgehead atoms. The van der Waals surface area contributed by atoms with Crippen LogP contribution in [0.25, 0.3) is 11.0 Å². The minimum Gasteiger partial charge on any atom is -0.337 e. The van der Waals surface area contributed by atoms with Gasteiger partial charge in [0.1, 0.15) is 0 Å². The standard InChI is InChI=1S/C20H12Cl4N4/c21-11-5-12(22)8-15(7-11)25-19-20(26-16-9-13(23)6-14(24)10-16)28-18-4-2-1-3-17(18)27-19/h1-10H,(H,25,27)(H,26,28). The Kier molecular flexibility index (Phi) is 5.47. The van der Waals surface area contributed by atoms with Gasteiger partial charge in [0.25, 0.3) is 0 Å². The van der Waals surface area contributed by atoms with Gasteiger partial charge in [-0.15, -0.1) is 0 Å². The molecule has 0 unspecified atom stereocenters. The fraction of sp³-hybridized carbons (Fsp3) is 0. The van der Waals surface area contributed by atoms with Crippen molar-refractivity contribution in [2.24, 2.45) is 0 Å². The van der Waals surface area contributed by atoms with E-state index in [1.807, 2.05) is 24.3 Å². The van der Waals surface area contributed by atoms with E-state index in [-0.39, 0.29) is 0 Å². The van der Waals surface area contributed by atoms with Crippen LogP contribution in [0.2, 0.25) is 20.1 Å². The van der Waals surface area contributed by atoms with Gasteiger partial charge in [-0.05, 0) is 48.5 Å². The molecule has 0 aliphatic rings. The summed E-state index contributed by atoms with van der Waals surface area (Å²) in [6, 6.07) is 17.9. The molecule has 1 aromatic heterocycles. The summed E-state index contributed by atoms with van der Waals surface area (Å²) in [5, 5.41) is 8.50. The summed E-state index contributed by atoms with van der Waals surface area (Å²) >= 11 is 24.4. The van der Waals surface area contributed by atoms with Gasteiger partial charge in [-0.3, -0.25) is 0 Å². The molecule has 140 valence electrons. The largest absolute Gasteiger partial charge is 0.337 e. The lowest BCUT2D eigenvalue weighted by molar-refractivity contribution is 1.27. The number of halogens is 4. The molecule has 4 aromatic rings. The van der Waals surface area contributed by atoms with Gasteiger partial charge < -0.3 is 10.6 Å². The van der Waals surface area contributed by atoms with Crippen LogP contribution in [0.1, 0.15) is 0 Å². The Bertz CT molecular complexity index is 1050. The average Bonchev–Trinajstić information content (AvgIpc) is 2.60. The van der Waals surface area contributed by atoms with Crippen LogP contribution < -0.4 is 10.6 Å². The SMILES string of the molecule is Clc1cc(Cl)cc(Nc2nc3ccccc3nc2Nc2cc(Cl)cc(Cl)c2)c1. The van der Waals surface area contributed by atoms with Crippen LogP contribution in [0.5, 0.6) is 0 Å². The lowest BCUT2D eigenvalue weighted by atomic mass is 10.2. The highest BCUT2D eigenvalue weighted by Gasteiger charge is 2.11. The van der Waals surface area contributed by atoms with Crippen molar-refractivity contribution in [3.8, 4) is 0 Å². The highest BCUT2D eigenvalue weighted by atomic mass is 35.5. The van der Waals surface area contributed by atoms with Gasteiger partial charge in [0.05, 0.1) is 11.0 Å². The number of nitrogens with one attached hydrogen (secondary N) is 2. The highest BCUT2D eigenvalue weighted by Crippen LogP contribution is 2.31. The minimum atomic E-state index is 0.508. The van der Waals surface area contributed by atoms with Gasteiger partial charge in [-0.25, -0.2) is 9.97 Å². The molecule has 0 aliphatic carbocycles. The molecule has 3 aromatic carbocycles. The summed E-state index contributed by atoms with van der Waals surface area (Å²) < 4.78 is 0. The summed E-state index contributed by atoms with van der Waals surface area (Å²) in [7, 11) is 0. The quantitative estimate of drug-likeness (QED) is 0.334. The van der Waals surface area contributed by atoms with Crippen molar-refractivity contribution in [1.29, 1.82) is 0 Å². The maximum Gasteiger partial charge on any atom is 0.174 e. The Hall–Kier alpha value is -2.24. The summed E-state index contributed by atoms with van der Waals surface area (Å²) in [4.78, 5) is 9.37. The number of hydrogen-bond donors (Lipinski definition) is 2. The van der Waals surface area contributed by atoms with E-state index in [1.54, 1.807) is 36.4 Å². The number of anilines is 4. The number of rotatable bonds is 4. The third-order valence-corrected chi connectivity index (χ3v) is 4.69. The Morgan fingerprint density at radius 2 is 0.893 bits per heavy atom. The van der Waals surface area contributed by atoms with Crippen LogP contribution in [0.15, 0.2) is 60.7 Å². The second-order valence-corrected chi connectivity index (χ2v) is 7.72. The van der Waals surface area contributed by atoms with Crippen LogP contribution in [0.4, 0.5) is 23.0 Å². The third kappa shape index (κ3) is 4.42. The van der Waals surface area contributed by atoms with E-state index >= 15 is 0 Å². The highest BCUT2D eigenvalue weighted by molar-refractivity contribution is 6.35. The van der Waals surface area contributed by atoms with Crippen molar-refractivity contribution < 1.29 is 0 Å². The second-order valence-electron chi connectivity index (χ2n) is 5.98. The molecule has 28 heavy (non-hydrogen) atoms. The molecule has 0 saturated carbocycles. The number of nitrogens with zero attached hydrogens (tertiary/aromatic N) is 2. The van der Waals surface area contributed by atoms with E-state index < -0.39 is 0 Å². The van der Waals surface area contributed by atoms with Crippen molar-refractivity contribution in [2.75, 3.05) is 10.6 Å². The summed E-state index contributed by atoms with van der Waals surface area (Å²) in [6.45, 7) is 0. The Morgan fingerprint density at radius 3 is 1.25 bits per heavy atom. The molecule has 4 nitrogen and oxygen atoms in total. The lowest BCUT2D eigenvalue weighted by Crippen LogP contribution is -2.03. The van der Waals surface area contributed by atoms with Crippen molar-refractivity contribution in [3.63, 3.8) is 0 Å². The Morgan fingerprint density at radius 1 is 0.536 bits per heavy atom. The first kappa shape index (κ1) is 19.1. The number of fused-ring (bicyclic) bond motifs is 1. The van der Waals surface area contributed by atoms with Crippen LogP contribution >= 0.6 is 46.4 Å². The minimum absolute atomic E-state index is 0.508. The summed E-state index contributed by atoms with van der Waals surface area (Å²) in [6.07, 6.45) is 0. The maximum atomic E-state index is 6.11. The van der Waals surface area contributed by atoms with E-state index in [9.17, 15) is 0 Å². The van der Waals surface area contributed by atoms with Crippen LogP contribution in [-0.4, -0.2) is 9.97 Å². The predicted molar refractivity (Wildman–Crippen MR) is 119 cm³/mol. The number of aromatic nitrogens is 2. The van der Waals surface area contributed by atoms with E-state index in [0.717, 1.165) is 11.0 Å².